The van der Waals surface area contributed by atoms with E-state index in [4.69, 9.17) is 9.40 Å². The van der Waals surface area contributed by atoms with E-state index in [2.05, 4.69) is 47.6 Å². The molecule has 0 spiro atoms. The predicted octanol–water partition coefficient (Wildman–Crippen LogP) is 5.03. The van der Waals surface area contributed by atoms with Gasteiger partial charge in [-0.2, -0.15) is 4.98 Å². The third kappa shape index (κ3) is 6.57. The lowest BCUT2D eigenvalue weighted by atomic mass is 9.86. The number of carbonyl (C=O) groups is 1. The van der Waals surface area contributed by atoms with E-state index in [0.29, 0.717) is 30.6 Å². The van der Waals surface area contributed by atoms with Gasteiger partial charge in [-0.3, -0.25) is 4.79 Å². The number of rotatable bonds is 10. The summed E-state index contributed by atoms with van der Waals surface area (Å²) in [6.07, 6.45) is -0.240. The first-order valence-electron chi connectivity index (χ1n) is 14.0. The maximum absolute atomic E-state index is 13.8. The number of nitrogens with one attached hydrogen (secondary N) is 2. The molecule has 1 aromatic heterocycles. The number of amides is 1. The lowest BCUT2D eigenvalue weighted by molar-refractivity contribution is -0.120. The highest BCUT2D eigenvalue weighted by Crippen LogP contribution is 2.36. The number of aromatic nitrogens is 1. The fourth-order valence-electron chi connectivity index (χ4n) is 5.62. The van der Waals surface area contributed by atoms with E-state index < -0.39 is 29.3 Å². The van der Waals surface area contributed by atoms with Gasteiger partial charge < -0.3 is 25.1 Å². The first-order chi connectivity index (χ1) is 19.6. The van der Waals surface area contributed by atoms with Crippen LogP contribution in [0.4, 0.5) is 14.8 Å². The summed E-state index contributed by atoms with van der Waals surface area (Å²) < 4.78 is 33.8. The van der Waals surface area contributed by atoms with Gasteiger partial charge >= 0.3 is 0 Å². The molecular weight excluding hydrogens is 526 g/mol. The molecule has 216 valence electrons. The van der Waals surface area contributed by atoms with Gasteiger partial charge in [0.15, 0.2) is 5.58 Å². The maximum atomic E-state index is 13.8. The smallest absolute Gasteiger partial charge is 0.298 e. The standard InChI is InChI=1S/C32H36F2N4O3/c1-20(2)23-7-6-8-24(16-23)32(11-12-38(19-32)31-37-27-9-4-5-10-30(27)41-31)35-18-29(40)28(36-21(3)39)15-22-13-25(33)17-26(34)14-22/h4-10,13-14,16-17,20,28-29,35,40H,11-12,15,18-19H2,1-3H3,(H,36,39)/t28-,29-,32?/m0/s1. The molecule has 4 aromatic rings. The molecule has 1 saturated heterocycles. The second kappa shape index (κ2) is 12.0. The van der Waals surface area contributed by atoms with Gasteiger partial charge in [0.25, 0.3) is 6.01 Å². The van der Waals surface area contributed by atoms with Crippen molar-refractivity contribution < 1.29 is 23.1 Å². The van der Waals surface area contributed by atoms with Gasteiger partial charge in [-0.15, -0.1) is 0 Å². The molecule has 0 bridgehead atoms. The molecule has 3 aromatic carbocycles. The number of aliphatic hydroxyl groups is 1. The number of para-hydroxylation sites is 2. The summed E-state index contributed by atoms with van der Waals surface area (Å²) >= 11 is 0. The number of aliphatic hydroxyl groups excluding tert-OH is 1. The molecule has 3 N–H and O–H groups in total. The number of anilines is 1. The van der Waals surface area contributed by atoms with Crippen molar-refractivity contribution in [2.75, 3.05) is 24.5 Å². The lowest BCUT2D eigenvalue weighted by Crippen LogP contribution is -2.53. The molecule has 2 heterocycles. The van der Waals surface area contributed by atoms with E-state index in [9.17, 15) is 18.7 Å². The molecule has 3 atom stereocenters. The van der Waals surface area contributed by atoms with E-state index in [0.717, 1.165) is 29.2 Å². The van der Waals surface area contributed by atoms with Crippen LogP contribution in [-0.4, -0.2) is 47.8 Å². The molecule has 7 nitrogen and oxygen atoms in total. The first-order valence-corrected chi connectivity index (χ1v) is 14.0. The van der Waals surface area contributed by atoms with Gasteiger partial charge in [-0.25, -0.2) is 8.78 Å². The van der Waals surface area contributed by atoms with Gasteiger partial charge in [0.05, 0.1) is 17.7 Å². The van der Waals surface area contributed by atoms with E-state index in [1.807, 2.05) is 30.3 Å². The molecule has 1 amide bonds. The number of carbonyl (C=O) groups excluding carboxylic acids is 1. The third-order valence-electron chi connectivity index (χ3n) is 7.81. The fraction of sp³-hybridized carbons (Fsp3) is 0.375. The zero-order valence-electron chi connectivity index (χ0n) is 23.5. The van der Waals surface area contributed by atoms with E-state index in [1.54, 1.807) is 0 Å². The van der Waals surface area contributed by atoms with Crippen LogP contribution in [0.15, 0.2) is 71.1 Å². The minimum atomic E-state index is -1.03. The predicted molar refractivity (Wildman–Crippen MR) is 155 cm³/mol. The van der Waals surface area contributed by atoms with Gasteiger partial charge in [0.2, 0.25) is 5.91 Å². The molecule has 9 heteroatoms. The van der Waals surface area contributed by atoms with Crippen LogP contribution in [0.5, 0.6) is 0 Å². The Bertz CT molecular complexity index is 1470. The molecule has 1 fully saturated rings. The van der Waals surface area contributed by atoms with Crippen LogP contribution in [0.25, 0.3) is 11.1 Å². The van der Waals surface area contributed by atoms with Gasteiger partial charge in [-0.05, 0) is 59.7 Å². The summed E-state index contributed by atoms with van der Waals surface area (Å²) in [4.78, 5) is 18.8. The van der Waals surface area contributed by atoms with Crippen molar-refractivity contribution in [3.63, 3.8) is 0 Å². The Labute approximate surface area is 238 Å². The zero-order chi connectivity index (χ0) is 29.1. The Morgan fingerprint density at radius 2 is 1.85 bits per heavy atom. The van der Waals surface area contributed by atoms with Crippen molar-refractivity contribution >= 4 is 23.0 Å². The van der Waals surface area contributed by atoms with Crippen molar-refractivity contribution in [2.24, 2.45) is 0 Å². The van der Waals surface area contributed by atoms with Gasteiger partial charge in [0.1, 0.15) is 17.2 Å². The summed E-state index contributed by atoms with van der Waals surface area (Å²) in [5.41, 5.74) is 3.60. The quantitative estimate of drug-likeness (QED) is 0.251. The van der Waals surface area contributed by atoms with E-state index >= 15 is 0 Å². The Hall–Kier alpha value is -3.82. The highest BCUT2D eigenvalue weighted by molar-refractivity contribution is 5.74. The minimum Gasteiger partial charge on any atom is -0.423 e. The van der Waals surface area contributed by atoms with Gasteiger partial charge in [-0.1, -0.05) is 50.2 Å². The van der Waals surface area contributed by atoms with E-state index in [1.165, 1.54) is 24.6 Å². The number of oxazole rings is 1. The summed E-state index contributed by atoms with van der Waals surface area (Å²) in [6, 6.07) is 19.1. The van der Waals surface area contributed by atoms with Crippen LogP contribution in [-0.2, 0) is 16.8 Å². The van der Waals surface area contributed by atoms with Crippen molar-refractivity contribution in [3.8, 4) is 0 Å². The van der Waals surface area contributed by atoms with Crippen LogP contribution >= 0.6 is 0 Å². The van der Waals surface area contributed by atoms with Crippen LogP contribution in [0, 0.1) is 11.6 Å². The van der Waals surface area contributed by atoms with Crippen LogP contribution in [0.3, 0.4) is 0 Å². The number of hydrogen-bond acceptors (Lipinski definition) is 6. The van der Waals surface area contributed by atoms with Crippen LogP contribution in [0.2, 0.25) is 0 Å². The Kier molecular flexibility index (Phi) is 8.37. The molecule has 1 unspecified atom stereocenters. The first kappa shape index (κ1) is 28.7. The van der Waals surface area contributed by atoms with E-state index in [-0.39, 0.29) is 18.9 Å². The molecular formula is C32H36F2N4O3. The minimum absolute atomic E-state index is 0.0714. The summed E-state index contributed by atoms with van der Waals surface area (Å²) in [6.45, 7) is 7.02. The molecule has 0 radical (unpaired) electrons. The van der Waals surface area contributed by atoms with Crippen LogP contribution < -0.4 is 15.5 Å². The number of halogens is 2. The van der Waals surface area contributed by atoms with Crippen molar-refractivity contribution in [3.05, 3.63) is 95.1 Å². The molecule has 5 rings (SSSR count). The van der Waals surface area contributed by atoms with Crippen molar-refractivity contribution in [1.29, 1.82) is 0 Å². The highest BCUT2D eigenvalue weighted by atomic mass is 19.1. The second-order valence-corrected chi connectivity index (χ2v) is 11.2. The molecule has 1 aliphatic rings. The number of nitrogens with zero attached hydrogens (tertiary/aromatic N) is 2. The Morgan fingerprint density at radius 3 is 2.56 bits per heavy atom. The third-order valence-corrected chi connectivity index (χ3v) is 7.81. The average molecular weight is 563 g/mol. The monoisotopic (exact) mass is 562 g/mol. The maximum Gasteiger partial charge on any atom is 0.298 e. The second-order valence-electron chi connectivity index (χ2n) is 11.2. The fourth-order valence-corrected chi connectivity index (χ4v) is 5.62. The lowest BCUT2D eigenvalue weighted by Gasteiger charge is -2.34. The summed E-state index contributed by atoms with van der Waals surface area (Å²) in [7, 11) is 0. The topological polar surface area (TPSA) is 90.6 Å². The Balaban J connectivity index is 1.40. The summed E-state index contributed by atoms with van der Waals surface area (Å²) in [5, 5.41) is 17.7. The molecule has 41 heavy (non-hydrogen) atoms. The van der Waals surface area contributed by atoms with Crippen molar-refractivity contribution in [2.45, 2.75) is 57.2 Å². The van der Waals surface area contributed by atoms with Crippen LogP contribution in [0.1, 0.15) is 49.8 Å². The molecule has 1 aliphatic heterocycles. The number of benzene rings is 3. The highest BCUT2D eigenvalue weighted by Gasteiger charge is 2.42. The molecule has 0 saturated carbocycles. The normalized spacial score (nSPS) is 18.7. The van der Waals surface area contributed by atoms with Gasteiger partial charge in [0, 0.05) is 32.6 Å². The zero-order valence-corrected chi connectivity index (χ0v) is 23.5. The largest absolute Gasteiger partial charge is 0.423 e. The summed E-state index contributed by atoms with van der Waals surface area (Å²) in [5.74, 6) is -1.41. The van der Waals surface area contributed by atoms with Crippen molar-refractivity contribution in [1.82, 2.24) is 15.6 Å². The average Bonchev–Trinajstić information content (AvgIpc) is 3.56. The number of fused-ring (bicyclic) bond motifs is 1. The molecule has 0 aliphatic carbocycles. The number of hydrogen-bond donors (Lipinski definition) is 3. The SMILES string of the molecule is CC(=O)N[C@@H](Cc1cc(F)cc(F)c1)[C@@H](O)CNC1(c2cccc(C(C)C)c2)CCN(c2nc3ccccc3o2)C1. The Morgan fingerprint density at radius 1 is 1.10 bits per heavy atom.